The van der Waals surface area contributed by atoms with Gasteiger partial charge in [0, 0.05) is 16.6 Å². The second kappa shape index (κ2) is 7.40. The van der Waals surface area contributed by atoms with E-state index in [4.69, 9.17) is 4.74 Å². The molecule has 6 heteroatoms. The Hall–Kier alpha value is -3.25. The van der Waals surface area contributed by atoms with Crippen LogP contribution in [0.2, 0.25) is 0 Å². The summed E-state index contributed by atoms with van der Waals surface area (Å²) in [6.07, 6.45) is 1.55. The predicted molar refractivity (Wildman–Crippen MR) is 113 cm³/mol. The van der Waals surface area contributed by atoms with E-state index in [1.807, 2.05) is 12.1 Å². The fourth-order valence-corrected chi connectivity index (χ4v) is 4.17. The van der Waals surface area contributed by atoms with Gasteiger partial charge in [0.2, 0.25) is 0 Å². The largest absolute Gasteiger partial charge is 0.465 e. The summed E-state index contributed by atoms with van der Waals surface area (Å²) >= 11 is 1.59. The summed E-state index contributed by atoms with van der Waals surface area (Å²) < 4.78 is 4.81. The van der Waals surface area contributed by atoms with Gasteiger partial charge in [0.05, 0.1) is 18.1 Å². The molecule has 140 valence electrons. The lowest BCUT2D eigenvalue weighted by Crippen LogP contribution is -2.02. The molecule has 0 saturated carbocycles. The minimum Gasteiger partial charge on any atom is -0.465 e. The number of hydrogen-bond donors (Lipinski definition) is 1. The quantitative estimate of drug-likeness (QED) is 0.467. The monoisotopic (exact) mass is 389 g/mol. The van der Waals surface area contributed by atoms with E-state index in [-0.39, 0.29) is 5.97 Å². The number of nitrogens with one attached hydrogen (secondary N) is 1. The number of anilines is 2. The van der Waals surface area contributed by atoms with Crippen molar-refractivity contribution in [3.63, 3.8) is 0 Å². The molecule has 0 spiro atoms. The summed E-state index contributed by atoms with van der Waals surface area (Å²) in [6, 6.07) is 13.6. The molecule has 0 aliphatic heterocycles. The molecule has 0 radical (unpaired) electrons. The third-order valence-corrected chi connectivity index (χ3v) is 5.48. The van der Waals surface area contributed by atoms with Gasteiger partial charge in [-0.05, 0) is 43.2 Å². The van der Waals surface area contributed by atoms with Crippen molar-refractivity contribution < 1.29 is 9.53 Å². The number of esters is 1. The Morgan fingerprint density at radius 1 is 1.07 bits per heavy atom. The van der Waals surface area contributed by atoms with Gasteiger partial charge < -0.3 is 10.1 Å². The minimum atomic E-state index is -0.372. The molecule has 0 unspecified atom stereocenters. The Kier molecular flexibility index (Phi) is 4.79. The number of benzene rings is 2. The molecule has 2 heterocycles. The van der Waals surface area contributed by atoms with E-state index in [1.165, 1.54) is 18.2 Å². The first-order valence-electron chi connectivity index (χ1n) is 8.82. The van der Waals surface area contributed by atoms with Crippen LogP contribution in [-0.4, -0.2) is 23.0 Å². The second-order valence-corrected chi connectivity index (χ2v) is 7.43. The summed E-state index contributed by atoms with van der Waals surface area (Å²) in [5.74, 6) is 0.339. The van der Waals surface area contributed by atoms with Crippen molar-refractivity contribution in [2.75, 3.05) is 12.4 Å². The number of methoxy groups -OCH3 is 1. The molecule has 28 heavy (non-hydrogen) atoms. The van der Waals surface area contributed by atoms with Gasteiger partial charge in [0.1, 0.15) is 17.0 Å². The van der Waals surface area contributed by atoms with Crippen LogP contribution in [0.1, 0.15) is 21.5 Å². The van der Waals surface area contributed by atoms with Crippen LogP contribution in [0.5, 0.6) is 0 Å². The molecule has 2 aromatic heterocycles. The summed E-state index contributed by atoms with van der Waals surface area (Å²) in [6.45, 7) is 4.20. The zero-order valence-electron chi connectivity index (χ0n) is 15.8. The molecular weight excluding hydrogens is 370 g/mol. The van der Waals surface area contributed by atoms with E-state index in [1.54, 1.807) is 29.8 Å². The van der Waals surface area contributed by atoms with Gasteiger partial charge in [-0.25, -0.2) is 14.8 Å². The number of nitrogens with zero attached hydrogens (tertiary/aromatic N) is 2. The van der Waals surface area contributed by atoms with Crippen LogP contribution < -0.4 is 5.32 Å². The van der Waals surface area contributed by atoms with Gasteiger partial charge >= 0.3 is 5.97 Å². The number of carbonyl (C=O) groups is 1. The van der Waals surface area contributed by atoms with Gasteiger partial charge in [-0.3, -0.25) is 0 Å². The molecule has 0 amide bonds. The number of aryl methyl sites for hydroxylation is 2. The van der Waals surface area contributed by atoms with E-state index < -0.39 is 0 Å². The molecule has 0 aliphatic carbocycles. The maximum Gasteiger partial charge on any atom is 0.337 e. The van der Waals surface area contributed by atoms with Crippen LogP contribution in [0.25, 0.3) is 21.3 Å². The fourth-order valence-electron chi connectivity index (χ4n) is 3.26. The summed E-state index contributed by atoms with van der Waals surface area (Å²) in [4.78, 5) is 21.6. The predicted octanol–water partition coefficient (Wildman–Crippen LogP) is 5.51. The third-order valence-electron chi connectivity index (χ3n) is 4.59. The molecular formula is C22H19N3O2S. The van der Waals surface area contributed by atoms with Crippen LogP contribution in [0.15, 0.2) is 54.2 Å². The van der Waals surface area contributed by atoms with Crippen molar-refractivity contribution in [1.29, 1.82) is 0 Å². The lowest BCUT2D eigenvalue weighted by atomic mass is 9.99. The molecule has 4 rings (SSSR count). The highest BCUT2D eigenvalue weighted by atomic mass is 32.1. The van der Waals surface area contributed by atoms with E-state index in [0.29, 0.717) is 11.4 Å². The summed E-state index contributed by atoms with van der Waals surface area (Å²) in [5.41, 5.74) is 5.96. The molecule has 0 aliphatic rings. The van der Waals surface area contributed by atoms with Crippen molar-refractivity contribution in [1.82, 2.24) is 9.97 Å². The third kappa shape index (κ3) is 3.34. The van der Waals surface area contributed by atoms with Crippen molar-refractivity contribution in [2.45, 2.75) is 13.8 Å². The van der Waals surface area contributed by atoms with Gasteiger partial charge in [-0.15, -0.1) is 11.3 Å². The first-order valence-corrected chi connectivity index (χ1v) is 9.70. The normalized spacial score (nSPS) is 10.8. The summed E-state index contributed by atoms with van der Waals surface area (Å²) in [5, 5.41) is 6.43. The molecule has 4 aromatic rings. The average molecular weight is 389 g/mol. The van der Waals surface area contributed by atoms with E-state index in [2.05, 4.69) is 52.7 Å². The number of rotatable bonds is 4. The van der Waals surface area contributed by atoms with E-state index in [0.717, 1.165) is 27.0 Å². The SMILES string of the molecule is COC(=O)c1cccc(Nc2ncnc3scc(-c4ccc(C)cc4C)c23)c1. The Morgan fingerprint density at radius 3 is 2.71 bits per heavy atom. The Morgan fingerprint density at radius 2 is 1.93 bits per heavy atom. The highest BCUT2D eigenvalue weighted by Gasteiger charge is 2.15. The van der Waals surface area contributed by atoms with Crippen molar-refractivity contribution in [3.8, 4) is 11.1 Å². The van der Waals surface area contributed by atoms with Crippen molar-refractivity contribution in [2.24, 2.45) is 0 Å². The number of hydrogen-bond acceptors (Lipinski definition) is 6. The Bertz CT molecular complexity index is 1180. The van der Waals surface area contributed by atoms with Crippen LogP contribution in [0.3, 0.4) is 0 Å². The zero-order chi connectivity index (χ0) is 19.7. The fraction of sp³-hybridized carbons (Fsp3) is 0.136. The Labute approximate surface area is 167 Å². The van der Waals surface area contributed by atoms with E-state index in [9.17, 15) is 4.79 Å². The molecule has 0 atom stereocenters. The Balaban J connectivity index is 1.80. The van der Waals surface area contributed by atoms with Crippen LogP contribution in [0.4, 0.5) is 11.5 Å². The zero-order valence-corrected chi connectivity index (χ0v) is 16.6. The molecule has 0 saturated heterocycles. The van der Waals surface area contributed by atoms with Crippen molar-refractivity contribution >= 4 is 39.0 Å². The maximum absolute atomic E-state index is 11.8. The van der Waals surface area contributed by atoms with Gasteiger partial charge in [0.15, 0.2) is 0 Å². The van der Waals surface area contributed by atoms with Crippen LogP contribution in [-0.2, 0) is 4.74 Å². The second-order valence-electron chi connectivity index (χ2n) is 6.57. The molecule has 5 nitrogen and oxygen atoms in total. The van der Waals surface area contributed by atoms with Gasteiger partial charge in [-0.1, -0.05) is 29.8 Å². The first kappa shape index (κ1) is 18.1. The topological polar surface area (TPSA) is 64.1 Å². The maximum atomic E-state index is 11.8. The average Bonchev–Trinajstić information content (AvgIpc) is 3.12. The number of ether oxygens (including phenoxy) is 1. The van der Waals surface area contributed by atoms with Crippen molar-refractivity contribution in [3.05, 3.63) is 70.9 Å². The van der Waals surface area contributed by atoms with E-state index >= 15 is 0 Å². The number of thiophene rings is 1. The number of aromatic nitrogens is 2. The first-order chi connectivity index (χ1) is 13.6. The van der Waals surface area contributed by atoms with Crippen LogP contribution >= 0.6 is 11.3 Å². The molecule has 0 bridgehead atoms. The molecule has 0 fully saturated rings. The van der Waals surface area contributed by atoms with Gasteiger partial charge in [0.25, 0.3) is 0 Å². The minimum absolute atomic E-state index is 0.372. The number of carbonyl (C=O) groups excluding carboxylic acids is 1. The summed E-state index contributed by atoms with van der Waals surface area (Å²) in [7, 11) is 1.37. The smallest absolute Gasteiger partial charge is 0.337 e. The number of fused-ring (bicyclic) bond motifs is 1. The highest BCUT2D eigenvalue weighted by Crippen LogP contribution is 2.38. The standard InChI is InChI=1S/C22H19N3O2S/c1-13-7-8-17(14(2)9-13)18-11-28-21-19(18)20(23-12-24-21)25-16-6-4-5-15(10-16)22(26)27-3/h4-12H,1-3H3,(H,23,24,25). The highest BCUT2D eigenvalue weighted by molar-refractivity contribution is 7.17. The molecule has 1 N–H and O–H groups in total. The molecule has 2 aromatic carbocycles. The lowest BCUT2D eigenvalue weighted by Gasteiger charge is -2.11. The van der Waals surface area contributed by atoms with Gasteiger partial charge in [-0.2, -0.15) is 0 Å². The lowest BCUT2D eigenvalue weighted by molar-refractivity contribution is 0.0601. The van der Waals surface area contributed by atoms with Crippen LogP contribution in [0, 0.1) is 13.8 Å².